The summed E-state index contributed by atoms with van der Waals surface area (Å²) in [5.41, 5.74) is 0.979. The molecule has 0 bridgehead atoms. The molecule has 0 radical (unpaired) electrons. The molecule has 0 aromatic heterocycles. The molecule has 2 atom stereocenters. The van der Waals surface area contributed by atoms with Crippen molar-refractivity contribution < 1.29 is 14.3 Å². The number of ether oxygens (including phenoxy) is 2. The van der Waals surface area contributed by atoms with Gasteiger partial charge >= 0.3 is 6.09 Å². The van der Waals surface area contributed by atoms with Gasteiger partial charge in [-0.15, -0.1) is 0 Å². The number of hydrogen-bond acceptors (Lipinski definition) is 4. The maximum atomic E-state index is 10.9. The Hall–Kier alpha value is -1.46. The third kappa shape index (κ3) is 3.52. The fraction of sp³-hybridized carbons (Fsp3) is 0.462. The molecule has 1 aliphatic rings. The van der Waals surface area contributed by atoms with E-state index in [1.807, 2.05) is 26.1 Å². The Morgan fingerprint density at radius 3 is 3.05 bits per heavy atom. The van der Waals surface area contributed by atoms with Crippen LogP contribution in [0.5, 0.6) is 5.75 Å². The zero-order chi connectivity index (χ0) is 13.8. The van der Waals surface area contributed by atoms with Crippen LogP contribution in [-0.2, 0) is 4.74 Å². The number of nitrogens with one attached hydrogen (secondary N) is 2. The Morgan fingerprint density at radius 1 is 1.63 bits per heavy atom. The highest BCUT2D eigenvalue weighted by atomic mass is 35.5. The molecule has 1 amide bonds. The van der Waals surface area contributed by atoms with Crippen LogP contribution in [0.25, 0.3) is 0 Å². The van der Waals surface area contributed by atoms with E-state index in [0.717, 1.165) is 11.3 Å². The number of rotatable bonds is 5. The van der Waals surface area contributed by atoms with Crippen LogP contribution in [0.1, 0.15) is 18.5 Å². The SMILES string of the molecule is CNC(C)c1cc(Cl)ccc1OCC1CNC(=O)O1. The van der Waals surface area contributed by atoms with Gasteiger partial charge in [0.15, 0.2) is 6.10 Å². The largest absolute Gasteiger partial charge is 0.489 e. The van der Waals surface area contributed by atoms with Crippen molar-refractivity contribution in [1.82, 2.24) is 10.6 Å². The van der Waals surface area contributed by atoms with Gasteiger partial charge < -0.3 is 20.1 Å². The summed E-state index contributed by atoms with van der Waals surface area (Å²) in [7, 11) is 1.87. The molecular weight excluding hydrogens is 268 g/mol. The van der Waals surface area contributed by atoms with Gasteiger partial charge in [-0.05, 0) is 32.2 Å². The Kier molecular flexibility index (Phi) is 4.50. The predicted octanol–water partition coefficient (Wildman–Crippen LogP) is 2.11. The minimum Gasteiger partial charge on any atom is -0.489 e. The van der Waals surface area contributed by atoms with Gasteiger partial charge in [0.2, 0.25) is 0 Å². The number of halogens is 1. The second-order valence-corrected chi connectivity index (χ2v) is 4.85. The van der Waals surface area contributed by atoms with E-state index < -0.39 is 6.09 Å². The summed E-state index contributed by atoms with van der Waals surface area (Å²) in [5.74, 6) is 0.745. The lowest BCUT2D eigenvalue weighted by Crippen LogP contribution is -2.23. The van der Waals surface area contributed by atoms with E-state index >= 15 is 0 Å². The van der Waals surface area contributed by atoms with E-state index in [1.165, 1.54) is 0 Å². The van der Waals surface area contributed by atoms with Gasteiger partial charge in [0.1, 0.15) is 12.4 Å². The lowest BCUT2D eigenvalue weighted by Gasteiger charge is -2.18. The van der Waals surface area contributed by atoms with E-state index in [9.17, 15) is 4.79 Å². The second-order valence-electron chi connectivity index (χ2n) is 4.41. The van der Waals surface area contributed by atoms with Crippen molar-refractivity contribution in [3.63, 3.8) is 0 Å². The van der Waals surface area contributed by atoms with Gasteiger partial charge in [0, 0.05) is 16.6 Å². The first-order valence-corrected chi connectivity index (χ1v) is 6.52. The monoisotopic (exact) mass is 284 g/mol. The number of benzene rings is 1. The lowest BCUT2D eigenvalue weighted by molar-refractivity contribution is 0.104. The number of carbonyl (C=O) groups excluding carboxylic acids is 1. The van der Waals surface area contributed by atoms with Crippen molar-refractivity contribution in [2.24, 2.45) is 0 Å². The average Bonchev–Trinajstić information content (AvgIpc) is 2.82. The van der Waals surface area contributed by atoms with Crippen molar-refractivity contribution in [3.8, 4) is 5.75 Å². The number of cyclic esters (lactones) is 1. The summed E-state index contributed by atoms with van der Waals surface area (Å²) < 4.78 is 10.7. The van der Waals surface area contributed by atoms with Gasteiger partial charge in [0.25, 0.3) is 0 Å². The van der Waals surface area contributed by atoms with Gasteiger partial charge in [-0.25, -0.2) is 4.79 Å². The second kappa shape index (κ2) is 6.12. The molecule has 1 heterocycles. The number of alkyl carbamates (subject to hydrolysis) is 1. The van der Waals surface area contributed by atoms with Crippen LogP contribution < -0.4 is 15.4 Å². The van der Waals surface area contributed by atoms with Crippen LogP contribution in [0.4, 0.5) is 4.79 Å². The molecule has 2 rings (SSSR count). The summed E-state index contributed by atoms with van der Waals surface area (Å²) in [6.45, 7) is 2.82. The van der Waals surface area contributed by atoms with E-state index in [4.69, 9.17) is 21.1 Å². The van der Waals surface area contributed by atoms with Crippen LogP contribution in [0.2, 0.25) is 5.02 Å². The molecular formula is C13H17ClN2O3. The van der Waals surface area contributed by atoms with Crippen LogP contribution in [0.3, 0.4) is 0 Å². The lowest BCUT2D eigenvalue weighted by atomic mass is 10.1. The standard InChI is InChI=1S/C13H17ClN2O3/c1-8(15-2)11-5-9(14)3-4-12(11)18-7-10-6-16-13(17)19-10/h3-5,8,10,15H,6-7H2,1-2H3,(H,16,17). The van der Waals surface area contributed by atoms with E-state index in [0.29, 0.717) is 18.2 Å². The smallest absolute Gasteiger partial charge is 0.407 e. The minimum atomic E-state index is -0.395. The van der Waals surface area contributed by atoms with Gasteiger partial charge in [-0.3, -0.25) is 0 Å². The highest BCUT2D eigenvalue weighted by Gasteiger charge is 2.23. The normalized spacial score (nSPS) is 19.7. The molecule has 1 aliphatic heterocycles. The van der Waals surface area contributed by atoms with E-state index in [2.05, 4.69) is 10.6 Å². The molecule has 1 aromatic carbocycles. The summed E-state index contributed by atoms with van der Waals surface area (Å²) >= 11 is 6.00. The first kappa shape index (κ1) is 14.0. The van der Waals surface area contributed by atoms with Crippen molar-refractivity contribution in [3.05, 3.63) is 28.8 Å². The van der Waals surface area contributed by atoms with Crippen molar-refractivity contribution >= 4 is 17.7 Å². The maximum Gasteiger partial charge on any atom is 0.407 e. The first-order chi connectivity index (χ1) is 9.10. The molecule has 0 aliphatic carbocycles. The molecule has 6 heteroatoms. The zero-order valence-corrected chi connectivity index (χ0v) is 11.7. The van der Waals surface area contributed by atoms with Gasteiger partial charge in [-0.1, -0.05) is 11.6 Å². The summed E-state index contributed by atoms with van der Waals surface area (Å²) in [6.07, 6.45) is -0.644. The molecule has 19 heavy (non-hydrogen) atoms. The molecule has 1 saturated heterocycles. The molecule has 5 nitrogen and oxygen atoms in total. The highest BCUT2D eigenvalue weighted by molar-refractivity contribution is 6.30. The summed E-state index contributed by atoms with van der Waals surface area (Å²) in [6, 6.07) is 5.60. The average molecular weight is 285 g/mol. The van der Waals surface area contributed by atoms with Gasteiger partial charge in [-0.2, -0.15) is 0 Å². The van der Waals surface area contributed by atoms with E-state index in [1.54, 1.807) is 6.07 Å². The molecule has 1 fully saturated rings. The highest BCUT2D eigenvalue weighted by Crippen LogP contribution is 2.28. The Balaban J connectivity index is 2.04. The number of amides is 1. The number of carbonyl (C=O) groups is 1. The van der Waals surface area contributed by atoms with Crippen molar-refractivity contribution in [1.29, 1.82) is 0 Å². The third-order valence-electron chi connectivity index (χ3n) is 3.04. The minimum absolute atomic E-state index is 0.123. The third-order valence-corrected chi connectivity index (χ3v) is 3.28. The molecule has 1 aromatic rings. The van der Waals surface area contributed by atoms with Crippen molar-refractivity contribution in [2.45, 2.75) is 19.1 Å². The Bertz CT molecular complexity index is 467. The maximum absolute atomic E-state index is 10.9. The molecule has 0 saturated carbocycles. The Morgan fingerprint density at radius 2 is 2.42 bits per heavy atom. The van der Waals surface area contributed by atoms with Crippen molar-refractivity contribution in [2.75, 3.05) is 20.2 Å². The summed E-state index contributed by atoms with van der Waals surface area (Å²) in [5, 5.41) is 6.40. The van der Waals surface area contributed by atoms with Crippen LogP contribution in [0, 0.1) is 0 Å². The molecule has 0 spiro atoms. The van der Waals surface area contributed by atoms with Crippen LogP contribution >= 0.6 is 11.6 Å². The molecule has 2 N–H and O–H groups in total. The van der Waals surface area contributed by atoms with Crippen LogP contribution in [-0.4, -0.2) is 32.4 Å². The fourth-order valence-corrected chi connectivity index (χ4v) is 2.03. The zero-order valence-electron chi connectivity index (χ0n) is 10.9. The van der Waals surface area contributed by atoms with E-state index in [-0.39, 0.29) is 12.1 Å². The predicted molar refractivity (Wildman–Crippen MR) is 72.7 cm³/mol. The Labute approximate surface area is 117 Å². The fourth-order valence-electron chi connectivity index (χ4n) is 1.85. The summed E-state index contributed by atoms with van der Waals surface area (Å²) in [4.78, 5) is 10.9. The first-order valence-electron chi connectivity index (χ1n) is 6.14. The topological polar surface area (TPSA) is 59.6 Å². The quantitative estimate of drug-likeness (QED) is 0.869. The molecule has 104 valence electrons. The van der Waals surface area contributed by atoms with Crippen LogP contribution in [0.15, 0.2) is 18.2 Å². The number of hydrogen-bond donors (Lipinski definition) is 2. The molecule has 2 unspecified atom stereocenters. The van der Waals surface area contributed by atoms with Gasteiger partial charge in [0.05, 0.1) is 6.54 Å².